The Morgan fingerprint density at radius 2 is 1.75 bits per heavy atom. The molecule has 1 amide bonds. The van der Waals surface area contributed by atoms with Gasteiger partial charge >= 0.3 is 0 Å². The maximum absolute atomic E-state index is 14.1. The first-order valence-corrected chi connectivity index (χ1v) is 7.96. The van der Waals surface area contributed by atoms with Gasteiger partial charge in [-0.05, 0) is 42.5 Å². The fraction of sp³-hybridized carbons (Fsp3) is 0.222. The van der Waals surface area contributed by atoms with Crippen LogP contribution in [0.5, 0.6) is 0 Å². The summed E-state index contributed by atoms with van der Waals surface area (Å²) in [4.78, 5) is 16.1. The number of nitriles is 1. The van der Waals surface area contributed by atoms with Crippen LogP contribution in [0.1, 0.15) is 15.9 Å². The highest BCUT2D eigenvalue weighted by Crippen LogP contribution is 2.22. The molecule has 0 atom stereocenters. The first kappa shape index (κ1) is 16.3. The van der Waals surface area contributed by atoms with Crippen LogP contribution in [0.4, 0.5) is 10.1 Å². The van der Waals surface area contributed by atoms with Gasteiger partial charge in [-0.3, -0.25) is 4.79 Å². The fourth-order valence-corrected chi connectivity index (χ4v) is 2.88. The predicted octanol–water partition coefficient (Wildman–Crippen LogP) is 3.31. The normalized spacial score (nSPS) is 14.4. The molecule has 122 valence electrons. The molecule has 2 aromatic carbocycles. The highest BCUT2D eigenvalue weighted by Gasteiger charge is 2.23. The smallest absolute Gasteiger partial charge is 0.253 e. The van der Waals surface area contributed by atoms with E-state index >= 15 is 0 Å². The third-order valence-electron chi connectivity index (χ3n) is 4.08. The number of amides is 1. The van der Waals surface area contributed by atoms with Gasteiger partial charge in [-0.15, -0.1) is 0 Å². The fourth-order valence-electron chi connectivity index (χ4n) is 2.76. The number of nitrogens with zero attached hydrogens (tertiary/aromatic N) is 3. The van der Waals surface area contributed by atoms with Gasteiger partial charge in [-0.25, -0.2) is 4.39 Å². The minimum atomic E-state index is -0.411. The van der Waals surface area contributed by atoms with Crippen LogP contribution in [0.3, 0.4) is 0 Å². The van der Waals surface area contributed by atoms with E-state index < -0.39 is 5.82 Å². The molecular weight excluding hydrogens is 329 g/mol. The summed E-state index contributed by atoms with van der Waals surface area (Å²) in [6, 6.07) is 13.2. The zero-order valence-corrected chi connectivity index (χ0v) is 13.6. The minimum Gasteiger partial charge on any atom is -0.366 e. The number of piperazine rings is 1. The molecule has 0 spiro atoms. The number of anilines is 1. The van der Waals surface area contributed by atoms with E-state index in [2.05, 4.69) is 0 Å². The van der Waals surface area contributed by atoms with Gasteiger partial charge in [0.15, 0.2) is 0 Å². The van der Waals surface area contributed by atoms with Crippen molar-refractivity contribution in [3.8, 4) is 6.07 Å². The van der Waals surface area contributed by atoms with E-state index in [1.54, 1.807) is 41.3 Å². The average Bonchev–Trinajstić information content (AvgIpc) is 2.62. The monoisotopic (exact) mass is 343 g/mol. The van der Waals surface area contributed by atoms with Crippen LogP contribution in [-0.2, 0) is 0 Å². The van der Waals surface area contributed by atoms with Crippen molar-refractivity contribution in [3.05, 3.63) is 64.4 Å². The summed E-state index contributed by atoms with van der Waals surface area (Å²) in [5, 5.41) is 9.39. The number of halogens is 2. The van der Waals surface area contributed by atoms with Gasteiger partial charge in [-0.2, -0.15) is 5.26 Å². The van der Waals surface area contributed by atoms with Gasteiger partial charge in [0, 0.05) is 36.8 Å². The Morgan fingerprint density at radius 1 is 1.08 bits per heavy atom. The van der Waals surface area contributed by atoms with Crippen molar-refractivity contribution >= 4 is 23.2 Å². The van der Waals surface area contributed by atoms with Crippen LogP contribution in [0.15, 0.2) is 42.5 Å². The summed E-state index contributed by atoms with van der Waals surface area (Å²) in [6.45, 7) is 2.12. The minimum absolute atomic E-state index is 0.0494. The van der Waals surface area contributed by atoms with Gasteiger partial charge in [0.1, 0.15) is 5.82 Å². The van der Waals surface area contributed by atoms with Crippen LogP contribution in [0.2, 0.25) is 5.02 Å². The van der Waals surface area contributed by atoms with Crippen LogP contribution in [0.25, 0.3) is 0 Å². The van der Waals surface area contributed by atoms with Crippen molar-refractivity contribution in [2.45, 2.75) is 0 Å². The predicted molar refractivity (Wildman–Crippen MR) is 90.7 cm³/mol. The highest BCUT2D eigenvalue weighted by atomic mass is 35.5. The van der Waals surface area contributed by atoms with Crippen molar-refractivity contribution in [2.24, 2.45) is 0 Å². The molecule has 0 aromatic heterocycles. The molecule has 2 aromatic rings. The molecule has 4 nitrogen and oxygen atoms in total. The lowest BCUT2D eigenvalue weighted by Crippen LogP contribution is -2.49. The van der Waals surface area contributed by atoms with Crippen molar-refractivity contribution in [1.82, 2.24) is 4.90 Å². The van der Waals surface area contributed by atoms with Crippen LogP contribution >= 0.6 is 11.6 Å². The molecule has 1 aliphatic rings. The molecule has 1 saturated heterocycles. The largest absolute Gasteiger partial charge is 0.366 e. The maximum atomic E-state index is 14.1. The van der Waals surface area contributed by atoms with Crippen LogP contribution < -0.4 is 4.90 Å². The Labute approximate surface area is 144 Å². The second-order valence-corrected chi connectivity index (χ2v) is 6.00. The molecule has 24 heavy (non-hydrogen) atoms. The van der Waals surface area contributed by atoms with Gasteiger partial charge in [-0.1, -0.05) is 11.6 Å². The lowest BCUT2D eigenvalue weighted by molar-refractivity contribution is 0.0746. The quantitative estimate of drug-likeness (QED) is 0.840. The average molecular weight is 344 g/mol. The van der Waals surface area contributed by atoms with E-state index in [0.29, 0.717) is 48.0 Å². The zero-order chi connectivity index (χ0) is 17.1. The van der Waals surface area contributed by atoms with E-state index in [-0.39, 0.29) is 5.91 Å². The molecule has 0 unspecified atom stereocenters. The second-order valence-electron chi connectivity index (χ2n) is 5.56. The molecule has 0 saturated carbocycles. The maximum Gasteiger partial charge on any atom is 0.253 e. The molecule has 1 fully saturated rings. The third kappa shape index (κ3) is 3.34. The first-order chi connectivity index (χ1) is 11.6. The molecule has 0 radical (unpaired) electrons. The first-order valence-electron chi connectivity index (χ1n) is 7.58. The Kier molecular flexibility index (Phi) is 4.68. The van der Waals surface area contributed by atoms with Crippen molar-refractivity contribution in [2.75, 3.05) is 31.1 Å². The molecular formula is C18H15ClFN3O. The lowest BCUT2D eigenvalue weighted by Gasteiger charge is -2.36. The Bertz CT molecular complexity index is 793. The number of hydrogen-bond acceptors (Lipinski definition) is 3. The van der Waals surface area contributed by atoms with Gasteiger partial charge in [0.25, 0.3) is 5.91 Å². The third-order valence-corrected chi connectivity index (χ3v) is 4.33. The Balaban J connectivity index is 1.66. The standard InChI is InChI=1S/C18H15ClFN3O/c19-15-4-2-14(3-5-15)18(24)23-9-7-22(8-10-23)17-6-1-13(12-21)11-16(17)20/h1-6,11H,7-10H2. The molecule has 6 heteroatoms. The molecule has 1 aliphatic heterocycles. The van der Waals surface area contributed by atoms with E-state index in [4.69, 9.17) is 16.9 Å². The lowest BCUT2D eigenvalue weighted by atomic mass is 10.1. The summed E-state index contributed by atoms with van der Waals surface area (Å²) in [7, 11) is 0. The van der Waals surface area contributed by atoms with Gasteiger partial charge < -0.3 is 9.80 Å². The number of hydrogen-bond donors (Lipinski definition) is 0. The summed E-state index contributed by atoms with van der Waals surface area (Å²) >= 11 is 5.84. The summed E-state index contributed by atoms with van der Waals surface area (Å²) in [5.74, 6) is -0.460. The summed E-state index contributed by atoms with van der Waals surface area (Å²) in [5.41, 5.74) is 1.36. The SMILES string of the molecule is N#Cc1ccc(N2CCN(C(=O)c3ccc(Cl)cc3)CC2)c(F)c1. The van der Waals surface area contributed by atoms with E-state index in [1.165, 1.54) is 6.07 Å². The Hall–Kier alpha value is -2.58. The van der Waals surface area contributed by atoms with E-state index in [9.17, 15) is 9.18 Å². The number of rotatable bonds is 2. The van der Waals surface area contributed by atoms with Gasteiger partial charge in [0.05, 0.1) is 17.3 Å². The summed E-state index contributed by atoms with van der Waals surface area (Å²) in [6.07, 6.45) is 0. The van der Waals surface area contributed by atoms with E-state index in [0.717, 1.165) is 0 Å². The van der Waals surface area contributed by atoms with E-state index in [1.807, 2.05) is 11.0 Å². The number of carbonyl (C=O) groups excluding carboxylic acids is 1. The van der Waals surface area contributed by atoms with Crippen LogP contribution in [0, 0.1) is 17.1 Å². The van der Waals surface area contributed by atoms with Crippen molar-refractivity contribution in [3.63, 3.8) is 0 Å². The molecule has 3 rings (SSSR count). The van der Waals surface area contributed by atoms with Crippen molar-refractivity contribution in [1.29, 1.82) is 5.26 Å². The Morgan fingerprint density at radius 3 is 2.33 bits per heavy atom. The second kappa shape index (κ2) is 6.90. The van der Waals surface area contributed by atoms with Crippen molar-refractivity contribution < 1.29 is 9.18 Å². The highest BCUT2D eigenvalue weighted by molar-refractivity contribution is 6.30. The molecule has 0 bridgehead atoms. The molecule has 0 aliphatic carbocycles. The molecule has 0 N–H and O–H groups in total. The topological polar surface area (TPSA) is 47.3 Å². The van der Waals surface area contributed by atoms with Crippen LogP contribution in [-0.4, -0.2) is 37.0 Å². The summed E-state index contributed by atoms with van der Waals surface area (Å²) < 4.78 is 14.1. The number of benzene rings is 2. The molecule has 1 heterocycles. The van der Waals surface area contributed by atoms with Gasteiger partial charge in [0.2, 0.25) is 0 Å². The zero-order valence-electron chi connectivity index (χ0n) is 12.9. The number of carbonyl (C=O) groups is 1.